The Balaban J connectivity index is 2.01. The molecular weight excluding hydrogens is 234 g/mol. The lowest BCUT2D eigenvalue weighted by atomic mass is 10.1. The second-order valence-electron chi connectivity index (χ2n) is 3.59. The van der Waals surface area contributed by atoms with Gasteiger partial charge < -0.3 is 20.8 Å². The first-order valence-corrected chi connectivity index (χ1v) is 5.33. The second-order valence-corrected chi connectivity index (χ2v) is 3.59. The van der Waals surface area contributed by atoms with Gasteiger partial charge in [0.05, 0.1) is 6.54 Å². The van der Waals surface area contributed by atoms with Gasteiger partial charge in [0, 0.05) is 12.1 Å². The number of nitrogens with zero attached hydrogens (tertiary/aromatic N) is 3. The molecule has 0 atom stereocenters. The lowest BCUT2D eigenvalue weighted by Gasteiger charge is -2.08. The Labute approximate surface area is 103 Å². The van der Waals surface area contributed by atoms with Crippen molar-refractivity contribution >= 4 is 5.84 Å². The smallest absolute Gasteiger partial charge is 0.213 e. The van der Waals surface area contributed by atoms with E-state index in [0.29, 0.717) is 24.5 Å². The lowest BCUT2D eigenvalue weighted by molar-refractivity contribution is 0.318. The molecule has 0 saturated heterocycles. The molecular formula is C11H13N5O2. The highest BCUT2D eigenvalue weighted by Crippen LogP contribution is 2.08. The molecule has 1 heterocycles. The van der Waals surface area contributed by atoms with Crippen molar-refractivity contribution in [3.05, 3.63) is 47.6 Å². The molecule has 0 spiro atoms. The van der Waals surface area contributed by atoms with Crippen LogP contribution < -0.4 is 11.1 Å². The Morgan fingerprint density at radius 2 is 2.22 bits per heavy atom. The zero-order valence-electron chi connectivity index (χ0n) is 9.58. The van der Waals surface area contributed by atoms with Gasteiger partial charge in [0.1, 0.15) is 0 Å². The normalized spacial score (nSPS) is 11.7. The third-order valence-corrected chi connectivity index (χ3v) is 2.41. The number of oxime groups is 1. The maximum Gasteiger partial charge on any atom is 0.213 e. The Hall–Kier alpha value is -2.41. The van der Waals surface area contributed by atoms with Gasteiger partial charge in [-0.1, -0.05) is 34.6 Å². The SMILES string of the molecule is N/C(=N/O)c1ccccc1CNCc1ncon1. The fourth-order valence-corrected chi connectivity index (χ4v) is 1.56. The minimum atomic E-state index is 0.0898. The summed E-state index contributed by atoms with van der Waals surface area (Å²) in [5, 5.41) is 18.5. The average Bonchev–Trinajstić information content (AvgIpc) is 2.92. The second kappa shape index (κ2) is 5.78. The standard InChI is InChI=1S/C11H13N5O2/c12-11(15-17)9-4-2-1-3-8(9)5-13-6-10-14-7-18-16-10/h1-4,7,13,17H,5-6H2,(H2,12,15). The van der Waals surface area contributed by atoms with Crippen molar-refractivity contribution in [3.8, 4) is 0 Å². The van der Waals surface area contributed by atoms with E-state index >= 15 is 0 Å². The number of rotatable bonds is 5. The Bertz CT molecular complexity index is 524. The quantitative estimate of drug-likeness (QED) is 0.306. The Kier molecular flexibility index (Phi) is 3.87. The summed E-state index contributed by atoms with van der Waals surface area (Å²) in [5.74, 6) is 0.670. The van der Waals surface area contributed by atoms with Crippen LogP contribution in [0.3, 0.4) is 0 Å². The van der Waals surface area contributed by atoms with E-state index in [1.54, 1.807) is 6.07 Å². The molecule has 0 fully saturated rings. The van der Waals surface area contributed by atoms with Gasteiger partial charge in [0.2, 0.25) is 6.39 Å². The van der Waals surface area contributed by atoms with Crippen LogP contribution in [0.2, 0.25) is 0 Å². The molecule has 1 aromatic heterocycles. The van der Waals surface area contributed by atoms with E-state index in [-0.39, 0.29) is 5.84 Å². The highest BCUT2D eigenvalue weighted by Gasteiger charge is 2.06. The van der Waals surface area contributed by atoms with Gasteiger partial charge in [-0.05, 0) is 5.56 Å². The van der Waals surface area contributed by atoms with Crippen molar-refractivity contribution in [2.45, 2.75) is 13.1 Å². The molecule has 0 radical (unpaired) electrons. The third kappa shape index (κ3) is 2.83. The van der Waals surface area contributed by atoms with Gasteiger partial charge in [-0.15, -0.1) is 0 Å². The highest BCUT2D eigenvalue weighted by atomic mass is 16.5. The summed E-state index contributed by atoms with van der Waals surface area (Å²) >= 11 is 0. The molecule has 7 heteroatoms. The highest BCUT2D eigenvalue weighted by molar-refractivity contribution is 5.98. The topological polar surface area (TPSA) is 110 Å². The zero-order valence-corrected chi connectivity index (χ0v) is 9.58. The van der Waals surface area contributed by atoms with Gasteiger partial charge in [-0.3, -0.25) is 0 Å². The molecule has 2 aromatic rings. The van der Waals surface area contributed by atoms with E-state index in [4.69, 9.17) is 10.9 Å². The summed E-state index contributed by atoms with van der Waals surface area (Å²) in [4.78, 5) is 3.89. The molecule has 94 valence electrons. The Morgan fingerprint density at radius 1 is 1.39 bits per heavy atom. The van der Waals surface area contributed by atoms with Gasteiger partial charge in [-0.25, -0.2) is 0 Å². The van der Waals surface area contributed by atoms with Crippen LogP contribution in [0.15, 0.2) is 40.3 Å². The zero-order chi connectivity index (χ0) is 12.8. The number of nitrogens with one attached hydrogen (secondary N) is 1. The first-order valence-electron chi connectivity index (χ1n) is 5.33. The molecule has 2 rings (SSSR count). The van der Waals surface area contributed by atoms with Gasteiger partial charge in [0.25, 0.3) is 0 Å². The molecule has 0 aliphatic carbocycles. The van der Waals surface area contributed by atoms with Crippen molar-refractivity contribution in [2.24, 2.45) is 10.9 Å². The molecule has 18 heavy (non-hydrogen) atoms. The van der Waals surface area contributed by atoms with Crippen LogP contribution in [0.25, 0.3) is 0 Å². The molecule has 0 aliphatic rings. The van der Waals surface area contributed by atoms with Crippen LogP contribution >= 0.6 is 0 Å². The summed E-state index contributed by atoms with van der Waals surface area (Å²) in [7, 11) is 0. The molecule has 1 aromatic carbocycles. The van der Waals surface area contributed by atoms with E-state index < -0.39 is 0 Å². The van der Waals surface area contributed by atoms with Crippen molar-refractivity contribution in [1.29, 1.82) is 0 Å². The predicted octanol–water partition coefficient (Wildman–Crippen LogP) is 0.454. The monoisotopic (exact) mass is 247 g/mol. The first-order chi connectivity index (χ1) is 8.81. The molecule has 0 bridgehead atoms. The van der Waals surface area contributed by atoms with Crippen molar-refractivity contribution in [3.63, 3.8) is 0 Å². The molecule has 0 unspecified atom stereocenters. The number of hydrogen-bond donors (Lipinski definition) is 3. The van der Waals surface area contributed by atoms with Crippen LogP contribution in [0.5, 0.6) is 0 Å². The largest absolute Gasteiger partial charge is 0.409 e. The number of nitrogens with two attached hydrogens (primary N) is 1. The molecule has 0 aliphatic heterocycles. The fourth-order valence-electron chi connectivity index (χ4n) is 1.56. The molecule has 0 saturated carbocycles. The van der Waals surface area contributed by atoms with E-state index in [9.17, 15) is 0 Å². The predicted molar refractivity (Wildman–Crippen MR) is 63.8 cm³/mol. The van der Waals surface area contributed by atoms with E-state index in [0.717, 1.165) is 5.56 Å². The summed E-state index contributed by atoms with van der Waals surface area (Å²) in [6.07, 6.45) is 1.28. The summed E-state index contributed by atoms with van der Waals surface area (Å²) in [6.45, 7) is 1.04. The molecule has 7 nitrogen and oxygen atoms in total. The number of aromatic nitrogens is 2. The lowest BCUT2D eigenvalue weighted by Crippen LogP contribution is -2.20. The van der Waals surface area contributed by atoms with Crippen LogP contribution in [0.4, 0.5) is 0 Å². The van der Waals surface area contributed by atoms with Crippen LogP contribution in [-0.2, 0) is 13.1 Å². The third-order valence-electron chi connectivity index (χ3n) is 2.41. The summed E-state index contributed by atoms with van der Waals surface area (Å²) in [6, 6.07) is 7.41. The number of amidine groups is 1. The number of hydrogen-bond acceptors (Lipinski definition) is 6. The number of benzene rings is 1. The summed E-state index contributed by atoms with van der Waals surface area (Å²) < 4.78 is 4.62. The van der Waals surface area contributed by atoms with Crippen molar-refractivity contribution < 1.29 is 9.73 Å². The summed E-state index contributed by atoms with van der Waals surface area (Å²) in [5.41, 5.74) is 7.22. The van der Waals surface area contributed by atoms with Crippen LogP contribution in [0.1, 0.15) is 17.0 Å². The van der Waals surface area contributed by atoms with Gasteiger partial charge in [-0.2, -0.15) is 4.98 Å². The van der Waals surface area contributed by atoms with E-state index in [1.165, 1.54) is 6.39 Å². The van der Waals surface area contributed by atoms with Crippen molar-refractivity contribution in [2.75, 3.05) is 0 Å². The molecule has 4 N–H and O–H groups in total. The maximum absolute atomic E-state index is 8.70. The maximum atomic E-state index is 8.70. The average molecular weight is 247 g/mol. The first kappa shape index (κ1) is 12.1. The van der Waals surface area contributed by atoms with Crippen LogP contribution in [0, 0.1) is 0 Å². The minimum Gasteiger partial charge on any atom is -0.409 e. The van der Waals surface area contributed by atoms with E-state index in [1.807, 2.05) is 18.2 Å². The minimum absolute atomic E-state index is 0.0898. The van der Waals surface area contributed by atoms with Gasteiger partial charge in [0.15, 0.2) is 11.7 Å². The fraction of sp³-hybridized carbons (Fsp3) is 0.182. The van der Waals surface area contributed by atoms with Crippen LogP contribution in [-0.4, -0.2) is 21.2 Å². The van der Waals surface area contributed by atoms with E-state index in [2.05, 4.69) is 25.1 Å². The van der Waals surface area contributed by atoms with Gasteiger partial charge >= 0.3 is 0 Å². The van der Waals surface area contributed by atoms with Crippen molar-refractivity contribution in [1.82, 2.24) is 15.5 Å². The Morgan fingerprint density at radius 3 is 2.94 bits per heavy atom. The molecule has 0 amide bonds.